The molecule has 0 amide bonds. The zero-order valence-corrected chi connectivity index (χ0v) is 10.5. The van der Waals surface area contributed by atoms with E-state index in [0.717, 1.165) is 18.2 Å². The molecule has 1 aliphatic rings. The summed E-state index contributed by atoms with van der Waals surface area (Å²) in [4.78, 5) is 4.56. The summed E-state index contributed by atoms with van der Waals surface area (Å²) in [6.07, 6.45) is 5.37. The molecule has 1 aromatic heterocycles. The molecule has 0 spiro atoms. The summed E-state index contributed by atoms with van der Waals surface area (Å²) in [5, 5.41) is 7.99. The third-order valence-electron chi connectivity index (χ3n) is 3.29. The molecule has 0 aromatic carbocycles. The lowest BCUT2D eigenvalue weighted by Gasteiger charge is -2.10. The highest BCUT2D eigenvalue weighted by molar-refractivity contribution is 4.97. The van der Waals surface area contributed by atoms with Gasteiger partial charge in [-0.05, 0) is 12.8 Å². The minimum absolute atomic E-state index is 0.409. The van der Waals surface area contributed by atoms with Crippen molar-refractivity contribution in [1.29, 1.82) is 0 Å². The van der Waals surface area contributed by atoms with Gasteiger partial charge in [-0.25, -0.2) is 4.98 Å². The Morgan fingerprint density at radius 2 is 2.06 bits per heavy atom. The Hall–Kier alpha value is -0.900. The summed E-state index contributed by atoms with van der Waals surface area (Å²) < 4.78 is 1.90. The number of hydrogen-bond acceptors (Lipinski definition) is 3. The van der Waals surface area contributed by atoms with Crippen molar-refractivity contribution in [3.8, 4) is 0 Å². The molecule has 16 heavy (non-hydrogen) atoms. The second kappa shape index (κ2) is 4.95. The smallest absolute Gasteiger partial charge is 0.153 e. The Bertz CT molecular complexity index is 337. The summed E-state index contributed by atoms with van der Waals surface area (Å²) in [6, 6.07) is 0.694. The predicted molar refractivity (Wildman–Crippen MR) is 64.2 cm³/mol. The Balaban J connectivity index is 1.92. The lowest BCUT2D eigenvalue weighted by Crippen LogP contribution is -2.26. The molecule has 0 radical (unpaired) electrons. The van der Waals surface area contributed by atoms with Gasteiger partial charge in [-0.2, -0.15) is 5.10 Å². The minimum Gasteiger partial charge on any atom is -0.307 e. The SMILES string of the molecule is CC(C)c1nc(CNC2CCCC2)n(C)n1. The molecule has 0 atom stereocenters. The summed E-state index contributed by atoms with van der Waals surface area (Å²) in [5.41, 5.74) is 0. The molecule has 0 aliphatic heterocycles. The van der Waals surface area contributed by atoms with Crippen LogP contribution < -0.4 is 5.32 Å². The fourth-order valence-corrected chi connectivity index (χ4v) is 2.20. The molecule has 0 saturated heterocycles. The van der Waals surface area contributed by atoms with Gasteiger partial charge in [-0.3, -0.25) is 4.68 Å². The summed E-state index contributed by atoms with van der Waals surface area (Å²) >= 11 is 0. The molecule has 1 aromatic rings. The Kier molecular flexibility index (Phi) is 3.59. The average molecular weight is 222 g/mol. The third kappa shape index (κ3) is 2.61. The quantitative estimate of drug-likeness (QED) is 0.847. The first-order valence-electron chi connectivity index (χ1n) is 6.30. The van der Waals surface area contributed by atoms with E-state index in [-0.39, 0.29) is 0 Å². The van der Waals surface area contributed by atoms with Gasteiger partial charge in [0.25, 0.3) is 0 Å². The van der Waals surface area contributed by atoms with E-state index in [4.69, 9.17) is 0 Å². The van der Waals surface area contributed by atoms with E-state index < -0.39 is 0 Å². The van der Waals surface area contributed by atoms with Gasteiger partial charge in [-0.1, -0.05) is 26.7 Å². The van der Waals surface area contributed by atoms with Gasteiger partial charge in [0.05, 0.1) is 6.54 Å². The fraction of sp³-hybridized carbons (Fsp3) is 0.833. The van der Waals surface area contributed by atoms with E-state index in [1.54, 1.807) is 0 Å². The molecule has 0 unspecified atom stereocenters. The van der Waals surface area contributed by atoms with Crippen LogP contribution in [0.1, 0.15) is 57.1 Å². The maximum absolute atomic E-state index is 4.56. The number of hydrogen-bond donors (Lipinski definition) is 1. The predicted octanol–water partition coefficient (Wildman–Crippen LogP) is 1.97. The maximum Gasteiger partial charge on any atom is 0.153 e. The second-order valence-corrected chi connectivity index (χ2v) is 5.03. The van der Waals surface area contributed by atoms with Crippen LogP contribution in [0, 0.1) is 0 Å². The third-order valence-corrected chi connectivity index (χ3v) is 3.29. The highest BCUT2D eigenvalue weighted by Gasteiger charge is 2.16. The molecule has 4 nitrogen and oxygen atoms in total. The zero-order valence-electron chi connectivity index (χ0n) is 10.5. The van der Waals surface area contributed by atoms with E-state index in [2.05, 4.69) is 29.2 Å². The number of rotatable bonds is 4. The molecule has 1 fully saturated rings. The molecular formula is C12H22N4. The summed E-state index contributed by atoms with van der Waals surface area (Å²) in [5.74, 6) is 2.41. The van der Waals surface area contributed by atoms with Gasteiger partial charge in [0, 0.05) is 19.0 Å². The molecule has 4 heteroatoms. The highest BCUT2D eigenvalue weighted by Crippen LogP contribution is 2.18. The van der Waals surface area contributed by atoms with E-state index in [9.17, 15) is 0 Å². The van der Waals surface area contributed by atoms with Crippen LogP contribution in [0.2, 0.25) is 0 Å². The molecule has 90 valence electrons. The van der Waals surface area contributed by atoms with Crippen LogP contribution in [0.25, 0.3) is 0 Å². The molecule has 0 bridgehead atoms. The van der Waals surface area contributed by atoms with E-state index >= 15 is 0 Å². The monoisotopic (exact) mass is 222 g/mol. The summed E-state index contributed by atoms with van der Waals surface area (Å²) in [6.45, 7) is 5.11. The second-order valence-electron chi connectivity index (χ2n) is 5.03. The molecule has 2 rings (SSSR count). The molecule has 1 heterocycles. The minimum atomic E-state index is 0.409. The van der Waals surface area contributed by atoms with Gasteiger partial charge >= 0.3 is 0 Å². The normalized spacial score (nSPS) is 17.5. The van der Waals surface area contributed by atoms with Crippen LogP contribution in [0.3, 0.4) is 0 Å². The number of nitrogens with one attached hydrogen (secondary N) is 1. The van der Waals surface area contributed by atoms with Crippen molar-refractivity contribution in [2.75, 3.05) is 0 Å². The van der Waals surface area contributed by atoms with Gasteiger partial charge in [0.15, 0.2) is 5.82 Å². The van der Waals surface area contributed by atoms with Gasteiger partial charge in [-0.15, -0.1) is 0 Å². The Morgan fingerprint density at radius 1 is 1.38 bits per heavy atom. The van der Waals surface area contributed by atoms with Crippen LogP contribution in [-0.4, -0.2) is 20.8 Å². The summed E-state index contributed by atoms with van der Waals surface area (Å²) in [7, 11) is 1.98. The first-order valence-corrected chi connectivity index (χ1v) is 6.30. The lowest BCUT2D eigenvalue weighted by atomic mass is 10.2. The molecule has 1 N–H and O–H groups in total. The topological polar surface area (TPSA) is 42.7 Å². The van der Waals surface area contributed by atoms with Crippen molar-refractivity contribution in [2.45, 2.75) is 58.0 Å². The van der Waals surface area contributed by atoms with Crippen LogP contribution in [0.5, 0.6) is 0 Å². The van der Waals surface area contributed by atoms with Gasteiger partial charge < -0.3 is 5.32 Å². The molecular weight excluding hydrogens is 200 g/mol. The fourth-order valence-electron chi connectivity index (χ4n) is 2.20. The number of aromatic nitrogens is 3. The van der Waals surface area contributed by atoms with Crippen molar-refractivity contribution in [1.82, 2.24) is 20.1 Å². The Morgan fingerprint density at radius 3 is 2.62 bits per heavy atom. The average Bonchev–Trinajstić information content (AvgIpc) is 2.84. The van der Waals surface area contributed by atoms with Crippen LogP contribution >= 0.6 is 0 Å². The van der Waals surface area contributed by atoms with Crippen LogP contribution in [0.4, 0.5) is 0 Å². The van der Waals surface area contributed by atoms with Crippen LogP contribution in [-0.2, 0) is 13.6 Å². The lowest BCUT2D eigenvalue weighted by molar-refractivity contribution is 0.502. The number of aryl methyl sites for hydroxylation is 1. The number of nitrogens with zero attached hydrogens (tertiary/aromatic N) is 3. The highest BCUT2D eigenvalue weighted by atomic mass is 15.3. The van der Waals surface area contributed by atoms with Gasteiger partial charge in [0.2, 0.25) is 0 Å². The largest absolute Gasteiger partial charge is 0.307 e. The van der Waals surface area contributed by atoms with E-state index in [1.165, 1.54) is 25.7 Å². The maximum atomic E-state index is 4.56. The molecule has 1 saturated carbocycles. The van der Waals surface area contributed by atoms with Crippen LogP contribution in [0.15, 0.2) is 0 Å². The standard InChI is InChI=1S/C12H22N4/c1-9(2)12-14-11(16(3)15-12)8-13-10-6-4-5-7-10/h9-10,13H,4-8H2,1-3H3. The first kappa shape index (κ1) is 11.6. The van der Waals surface area contributed by atoms with E-state index in [1.807, 2.05) is 11.7 Å². The van der Waals surface area contributed by atoms with Gasteiger partial charge in [0.1, 0.15) is 5.82 Å². The van der Waals surface area contributed by atoms with Crippen molar-refractivity contribution >= 4 is 0 Å². The molecule has 1 aliphatic carbocycles. The van der Waals surface area contributed by atoms with Crippen molar-refractivity contribution < 1.29 is 0 Å². The van der Waals surface area contributed by atoms with E-state index in [0.29, 0.717) is 12.0 Å². The van der Waals surface area contributed by atoms with Crippen molar-refractivity contribution in [3.63, 3.8) is 0 Å². The first-order chi connectivity index (χ1) is 7.66. The Labute approximate surface area is 97.5 Å². The van der Waals surface area contributed by atoms with Crippen molar-refractivity contribution in [2.24, 2.45) is 7.05 Å². The zero-order chi connectivity index (χ0) is 11.5. The van der Waals surface area contributed by atoms with Crippen molar-refractivity contribution in [3.05, 3.63) is 11.6 Å².